The number of hydrogen-bond acceptors (Lipinski definition) is 4. The molecule has 6 nitrogen and oxygen atoms in total. The summed E-state index contributed by atoms with van der Waals surface area (Å²) in [7, 11) is -3.60. The van der Waals surface area contributed by atoms with Gasteiger partial charge in [-0.1, -0.05) is 36.4 Å². The molecule has 1 aromatic heterocycles. The molecule has 1 aliphatic heterocycles. The smallest absolute Gasteiger partial charge is 0.223 e. The number of sulfonamides is 1. The molecular weight excluding hydrogens is 326 g/mol. The third-order valence-corrected chi connectivity index (χ3v) is 5.04. The van der Waals surface area contributed by atoms with Crippen molar-refractivity contribution in [3.05, 3.63) is 66.0 Å². The molecule has 3 rings (SSSR count). The summed E-state index contributed by atoms with van der Waals surface area (Å²) in [6.07, 6.45) is 1.88. The van der Waals surface area contributed by atoms with E-state index in [9.17, 15) is 13.2 Å². The zero-order chi connectivity index (χ0) is 17.2. The Kier molecular flexibility index (Phi) is 4.64. The van der Waals surface area contributed by atoms with Gasteiger partial charge < -0.3 is 4.90 Å². The molecule has 126 valence electrons. The van der Waals surface area contributed by atoms with Gasteiger partial charge in [-0.2, -0.15) is 0 Å². The molecule has 2 N–H and O–H groups in total. The van der Waals surface area contributed by atoms with Gasteiger partial charge in [-0.3, -0.25) is 9.78 Å². The molecule has 0 bridgehead atoms. The number of aromatic nitrogens is 1. The van der Waals surface area contributed by atoms with Crippen LogP contribution in [0.5, 0.6) is 0 Å². The van der Waals surface area contributed by atoms with Gasteiger partial charge in [0.15, 0.2) is 0 Å². The molecule has 1 fully saturated rings. The van der Waals surface area contributed by atoms with Crippen molar-refractivity contribution in [3.8, 4) is 0 Å². The Hall–Kier alpha value is -2.25. The summed E-state index contributed by atoms with van der Waals surface area (Å²) >= 11 is 0. The average Bonchev–Trinajstić information content (AvgIpc) is 2.88. The molecule has 2 unspecified atom stereocenters. The van der Waals surface area contributed by atoms with Crippen LogP contribution in [0, 0.1) is 5.92 Å². The van der Waals surface area contributed by atoms with Gasteiger partial charge in [0.1, 0.15) is 0 Å². The number of likely N-dealkylation sites (tertiary alicyclic amines) is 1. The number of amides is 1. The third kappa shape index (κ3) is 3.80. The summed E-state index contributed by atoms with van der Waals surface area (Å²) in [6, 6.07) is 14.9. The van der Waals surface area contributed by atoms with Crippen LogP contribution in [0.2, 0.25) is 0 Å². The molecule has 24 heavy (non-hydrogen) atoms. The number of carbonyl (C=O) groups is 1. The minimum atomic E-state index is -3.60. The van der Waals surface area contributed by atoms with Crippen LogP contribution in [0.25, 0.3) is 0 Å². The summed E-state index contributed by atoms with van der Waals surface area (Å²) in [5.74, 6) is -0.551. The lowest BCUT2D eigenvalue weighted by molar-refractivity contribution is -0.129. The molecular formula is C17H19N3O3S. The number of pyridine rings is 1. The van der Waals surface area contributed by atoms with Gasteiger partial charge in [-0.05, 0) is 17.7 Å². The van der Waals surface area contributed by atoms with E-state index in [1.807, 2.05) is 48.5 Å². The van der Waals surface area contributed by atoms with Crippen LogP contribution < -0.4 is 5.14 Å². The molecule has 2 atom stereocenters. The Labute approximate surface area is 141 Å². The third-order valence-electron chi connectivity index (χ3n) is 4.10. The maximum absolute atomic E-state index is 12.5. The van der Waals surface area contributed by atoms with Crippen LogP contribution in [-0.4, -0.2) is 36.5 Å². The second-order valence-corrected chi connectivity index (χ2v) is 7.67. The van der Waals surface area contributed by atoms with Crippen molar-refractivity contribution in [3.63, 3.8) is 0 Å². The summed E-state index contributed by atoms with van der Waals surface area (Å²) in [5.41, 5.74) is 1.70. The first kappa shape index (κ1) is 16.6. The highest BCUT2D eigenvalue weighted by Crippen LogP contribution is 2.33. The fraction of sp³-hybridized carbons (Fsp3) is 0.294. The van der Waals surface area contributed by atoms with E-state index in [1.54, 1.807) is 11.1 Å². The number of primary sulfonamides is 1. The number of benzene rings is 1. The Morgan fingerprint density at radius 2 is 1.88 bits per heavy atom. The second kappa shape index (κ2) is 6.70. The SMILES string of the molecule is NS(=O)(=O)CC1CC(=O)N(C(c2ccccc2)c2ccccn2)C1. The maximum Gasteiger partial charge on any atom is 0.223 e. The van der Waals surface area contributed by atoms with E-state index in [0.717, 1.165) is 11.3 Å². The highest BCUT2D eigenvalue weighted by Gasteiger charge is 2.37. The molecule has 0 saturated carbocycles. The minimum Gasteiger partial charge on any atom is -0.330 e. The summed E-state index contributed by atoms with van der Waals surface area (Å²) < 4.78 is 22.7. The topological polar surface area (TPSA) is 93.4 Å². The number of rotatable bonds is 5. The summed E-state index contributed by atoms with van der Waals surface area (Å²) in [5, 5.41) is 5.13. The van der Waals surface area contributed by atoms with Gasteiger partial charge >= 0.3 is 0 Å². The van der Waals surface area contributed by atoms with E-state index >= 15 is 0 Å². The zero-order valence-corrected chi connectivity index (χ0v) is 13.9. The fourth-order valence-electron chi connectivity index (χ4n) is 3.18. The largest absolute Gasteiger partial charge is 0.330 e. The molecule has 0 spiro atoms. The van der Waals surface area contributed by atoms with E-state index in [2.05, 4.69) is 4.98 Å². The maximum atomic E-state index is 12.5. The van der Waals surface area contributed by atoms with E-state index in [-0.39, 0.29) is 30.0 Å². The lowest BCUT2D eigenvalue weighted by Gasteiger charge is -2.28. The van der Waals surface area contributed by atoms with Crippen molar-refractivity contribution in [2.75, 3.05) is 12.3 Å². The number of hydrogen-bond donors (Lipinski definition) is 1. The fourth-order valence-corrected chi connectivity index (χ4v) is 4.06. The first-order chi connectivity index (χ1) is 11.4. The Balaban J connectivity index is 1.93. The van der Waals surface area contributed by atoms with Gasteiger partial charge in [-0.15, -0.1) is 0 Å². The van der Waals surface area contributed by atoms with Crippen LogP contribution in [0.15, 0.2) is 54.7 Å². The highest BCUT2D eigenvalue weighted by molar-refractivity contribution is 7.89. The predicted molar refractivity (Wildman–Crippen MR) is 90.3 cm³/mol. The first-order valence-corrected chi connectivity index (χ1v) is 9.41. The zero-order valence-electron chi connectivity index (χ0n) is 13.1. The lowest BCUT2D eigenvalue weighted by Crippen LogP contribution is -2.32. The van der Waals surface area contributed by atoms with Crippen molar-refractivity contribution < 1.29 is 13.2 Å². The van der Waals surface area contributed by atoms with E-state index < -0.39 is 10.0 Å². The normalized spacial score (nSPS) is 19.5. The number of nitrogens with zero attached hydrogens (tertiary/aromatic N) is 2. The number of nitrogens with two attached hydrogens (primary N) is 1. The molecule has 7 heteroatoms. The molecule has 1 aromatic carbocycles. The molecule has 1 saturated heterocycles. The van der Waals surface area contributed by atoms with Crippen LogP contribution in [0.3, 0.4) is 0 Å². The van der Waals surface area contributed by atoms with Gasteiger partial charge in [0, 0.05) is 25.1 Å². The van der Waals surface area contributed by atoms with Gasteiger partial charge in [-0.25, -0.2) is 13.6 Å². The number of carbonyl (C=O) groups excluding carboxylic acids is 1. The van der Waals surface area contributed by atoms with Gasteiger partial charge in [0.25, 0.3) is 0 Å². The van der Waals surface area contributed by atoms with Gasteiger partial charge in [0.05, 0.1) is 17.5 Å². The molecule has 1 aliphatic rings. The van der Waals surface area contributed by atoms with Crippen LogP contribution >= 0.6 is 0 Å². The quantitative estimate of drug-likeness (QED) is 0.884. The summed E-state index contributed by atoms with van der Waals surface area (Å²) in [6.45, 7) is 0.353. The Morgan fingerprint density at radius 3 is 2.50 bits per heavy atom. The van der Waals surface area contributed by atoms with Crippen molar-refractivity contribution in [1.82, 2.24) is 9.88 Å². The molecule has 0 radical (unpaired) electrons. The van der Waals surface area contributed by atoms with Gasteiger partial charge in [0.2, 0.25) is 15.9 Å². The Bertz CT molecular complexity index is 770. The van der Waals surface area contributed by atoms with E-state index in [4.69, 9.17) is 5.14 Å². The van der Waals surface area contributed by atoms with Crippen LogP contribution in [0.4, 0.5) is 0 Å². The second-order valence-electron chi connectivity index (χ2n) is 6.01. The molecule has 2 aromatic rings. The molecule has 1 amide bonds. The Morgan fingerprint density at radius 1 is 1.17 bits per heavy atom. The van der Waals surface area contributed by atoms with E-state index in [1.165, 1.54) is 0 Å². The van der Waals surface area contributed by atoms with Crippen LogP contribution in [-0.2, 0) is 14.8 Å². The summed E-state index contributed by atoms with van der Waals surface area (Å²) in [4.78, 5) is 18.6. The van der Waals surface area contributed by atoms with Crippen molar-refractivity contribution >= 4 is 15.9 Å². The minimum absolute atomic E-state index is 0.0804. The van der Waals surface area contributed by atoms with E-state index in [0.29, 0.717) is 6.54 Å². The monoisotopic (exact) mass is 345 g/mol. The first-order valence-electron chi connectivity index (χ1n) is 7.70. The molecule has 0 aliphatic carbocycles. The lowest BCUT2D eigenvalue weighted by atomic mass is 10.0. The average molecular weight is 345 g/mol. The standard InChI is InChI=1S/C17H19N3O3S/c18-24(22,23)12-13-10-16(21)20(11-13)17(14-6-2-1-3-7-14)15-8-4-5-9-19-15/h1-9,13,17H,10-12H2,(H2,18,22,23). The van der Waals surface area contributed by atoms with Crippen molar-refractivity contribution in [2.24, 2.45) is 11.1 Å². The predicted octanol–water partition coefficient (Wildman–Crippen LogP) is 1.31. The molecule has 2 heterocycles. The van der Waals surface area contributed by atoms with Crippen molar-refractivity contribution in [2.45, 2.75) is 12.5 Å². The van der Waals surface area contributed by atoms with Crippen molar-refractivity contribution in [1.29, 1.82) is 0 Å². The van der Waals surface area contributed by atoms with Crippen LogP contribution in [0.1, 0.15) is 23.7 Å². The highest BCUT2D eigenvalue weighted by atomic mass is 32.2.